The fourth-order valence-corrected chi connectivity index (χ4v) is 4.01. The van der Waals surface area contributed by atoms with Gasteiger partial charge in [0, 0.05) is 23.1 Å². The fraction of sp³-hybridized carbons (Fsp3) is 0.136. The van der Waals surface area contributed by atoms with Gasteiger partial charge in [-0.25, -0.2) is 15.0 Å². The molecular weight excluding hydrogens is 434 g/mol. The van der Waals surface area contributed by atoms with E-state index < -0.39 is 0 Å². The topological polar surface area (TPSA) is 89.8 Å². The van der Waals surface area contributed by atoms with E-state index in [4.69, 9.17) is 11.6 Å². The van der Waals surface area contributed by atoms with Crippen LogP contribution in [0.1, 0.15) is 11.1 Å². The molecular formula is C22H18ClN5O2S. The lowest BCUT2D eigenvalue weighted by Gasteiger charge is -2.13. The van der Waals surface area contributed by atoms with E-state index in [2.05, 4.69) is 20.3 Å². The van der Waals surface area contributed by atoms with Crippen LogP contribution in [0, 0.1) is 6.92 Å². The maximum atomic E-state index is 13.1. The molecule has 2 heterocycles. The van der Waals surface area contributed by atoms with Crippen molar-refractivity contribution in [3.8, 4) is 0 Å². The zero-order valence-electron chi connectivity index (χ0n) is 16.6. The Morgan fingerprint density at radius 2 is 1.94 bits per heavy atom. The third-order valence-electron chi connectivity index (χ3n) is 4.48. The maximum absolute atomic E-state index is 13.1. The van der Waals surface area contributed by atoms with Gasteiger partial charge in [0.05, 0.1) is 12.3 Å². The number of amides is 1. The van der Waals surface area contributed by atoms with Gasteiger partial charge in [-0.15, -0.1) is 0 Å². The Morgan fingerprint density at radius 1 is 1.13 bits per heavy atom. The van der Waals surface area contributed by atoms with E-state index in [1.165, 1.54) is 17.0 Å². The number of aromatic nitrogens is 4. The lowest BCUT2D eigenvalue weighted by atomic mass is 10.2. The highest BCUT2D eigenvalue weighted by Gasteiger charge is 2.16. The summed E-state index contributed by atoms with van der Waals surface area (Å²) in [7, 11) is 0. The minimum atomic E-state index is -0.334. The molecule has 9 heteroatoms. The van der Waals surface area contributed by atoms with Gasteiger partial charge in [0.2, 0.25) is 5.91 Å². The molecule has 0 fully saturated rings. The number of benzene rings is 2. The Morgan fingerprint density at radius 3 is 2.74 bits per heavy atom. The lowest BCUT2D eigenvalue weighted by Crippen LogP contribution is -2.26. The average Bonchev–Trinajstić information content (AvgIpc) is 2.76. The summed E-state index contributed by atoms with van der Waals surface area (Å²) in [5.41, 5.74) is 2.61. The van der Waals surface area contributed by atoms with Gasteiger partial charge in [0.1, 0.15) is 0 Å². The molecule has 1 N–H and O–H groups in total. The molecule has 0 aliphatic carbocycles. The number of thioether (sulfide) groups is 1. The molecule has 0 atom stereocenters. The molecule has 156 valence electrons. The van der Waals surface area contributed by atoms with E-state index in [-0.39, 0.29) is 34.9 Å². The van der Waals surface area contributed by atoms with Gasteiger partial charge in [0.15, 0.2) is 16.3 Å². The summed E-state index contributed by atoms with van der Waals surface area (Å²) in [6.45, 7) is 2.16. The van der Waals surface area contributed by atoms with E-state index in [9.17, 15) is 9.59 Å². The number of nitrogens with zero attached hydrogens (tertiary/aromatic N) is 4. The van der Waals surface area contributed by atoms with Crippen LogP contribution in [0.2, 0.25) is 5.02 Å². The van der Waals surface area contributed by atoms with Crippen LogP contribution >= 0.6 is 23.4 Å². The number of hydrogen-bond acceptors (Lipinski definition) is 6. The number of fused-ring (bicyclic) bond motifs is 1. The van der Waals surface area contributed by atoms with Crippen LogP contribution in [-0.4, -0.2) is 31.2 Å². The van der Waals surface area contributed by atoms with E-state index >= 15 is 0 Å². The van der Waals surface area contributed by atoms with Crippen LogP contribution < -0.4 is 10.9 Å². The molecule has 0 unspecified atom stereocenters. The highest BCUT2D eigenvalue weighted by Crippen LogP contribution is 2.21. The summed E-state index contributed by atoms with van der Waals surface area (Å²) in [5.74, 6) is -0.123. The number of halogens is 1. The predicted molar refractivity (Wildman–Crippen MR) is 123 cm³/mol. The third-order valence-corrected chi connectivity index (χ3v) is 5.82. The Labute approximate surface area is 187 Å². The Bertz CT molecular complexity index is 1320. The molecule has 4 aromatic rings. The second kappa shape index (κ2) is 9.28. The molecule has 0 spiro atoms. The zero-order chi connectivity index (χ0) is 21.8. The minimum absolute atomic E-state index is 0.0780. The Hall–Kier alpha value is -3.23. The molecule has 1 amide bonds. The van der Waals surface area contributed by atoms with Crippen molar-refractivity contribution in [1.29, 1.82) is 0 Å². The van der Waals surface area contributed by atoms with Gasteiger partial charge in [-0.3, -0.25) is 14.2 Å². The van der Waals surface area contributed by atoms with Crippen LogP contribution in [0.3, 0.4) is 0 Å². The molecule has 2 aromatic carbocycles. The van der Waals surface area contributed by atoms with Crippen LogP contribution in [-0.2, 0) is 11.3 Å². The molecule has 0 bridgehead atoms. The number of anilines is 1. The average molecular weight is 452 g/mol. The zero-order valence-corrected chi connectivity index (χ0v) is 18.2. The van der Waals surface area contributed by atoms with Crippen molar-refractivity contribution in [3.63, 3.8) is 0 Å². The molecule has 0 aliphatic rings. The number of nitrogens with one attached hydrogen (secondary N) is 1. The first kappa shape index (κ1) is 21.0. The maximum Gasteiger partial charge on any atom is 0.282 e. The number of rotatable bonds is 6. The molecule has 0 radical (unpaired) electrons. The summed E-state index contributed by atoms with van der Waals surface area (Å²) in [6.07, 6.45) is 2.93. The second-order valence-electron chi connectivity index (χ2n) is 6.81. The predicted octanol–water partition coefficient (Wildman–Crippen LogP) is 3.93. The van der Waals surface area contributed by atoms with Crippen molar-refractivity contribution in [2.75, 3.05) is 11.1 Å². The molecule has 0 aliphatic heterocycles. The number of hydrogen-bond donors (Lipinski definition) is 1. The van der Waals surface area contributed by atoms with Crippen molar-refractivity contribution >= 4 is 46.1 Å². The van der Waals surface area contributed by atoms with Gasteiger partial charge in [-0.1, -0.05) is 53.7 Å². The summed E-state index contributed by atoms with van der Waals surface area (Å²) in [4.78, 5) is 38.3. The first-order chi connectivity index (χ1) is 15.0. The summed E-state index contributed by atoms with van der Waals surface area (Å²) in [6, 6.07) is 14.8. The van der Waals surface area contributed by atoms with Crippen molar-refractivity contribution in [2.24, 2.45) is 0 Å². The second-order valence-corrected chi connectivity index (χ2v) is 8.16. The van der Waals surface area contributed by atoms with Crippen molar-refractivity contribution < 1.29 is 4.79 Å². The minimum Gasteiger partial charge on any atom is -0.325 e. The summed E-state index contributed by atoms with van der Waals surface area (Å²) < 4.78 is 1.48. The highest BCUT2D eigenvalue weighted by atomic mass is 35.5. The molecule has 31 heavy (non-hydrogen) atoms. The standard InChI is InChI=1S/C22H18ClN5O2S/c1-14-5-4-7-16(11-14)26-18(29)13-31-22-27-20-19(24-9-10-25-20)21(30)28(22)12-15-6-2-3-8-17(15)23/h2-11H,12-13H2,1H3,(H,26,29). The van der Waals surface area contributed by atoms with Crippen molar-refractivity contribution in [2.45, 2.75) is 18.6 Å². The first-order valence-electron chi connectivity index (χ1n) is 9.45. The van der Waals surface area contributed by atoms with Gasteiger partial charge in [0.25, 0.3) is 5.56 Å². The molecule has 0 saturated carbocycles. The quantitative estimate of drug-likeness (QED) is 0.353. The van der Waals surface area contributed by atoms with Crippen molar-refractivity contribution in [1.82, 2.24) is 19.5 Å². The molecule has 4 rings (SSSR count). The molecule has 7 nitrogen and oxygen atoms in total. The first-order valence-corrected chi connectivity index (χ1v) is 10.8. The highest BCUT2D eigenvalue weighted by molar-refractivity contribution is 7.99. The van der Waals surface area contributed by atoms with Gasteiger partial charge >= 0.3 is 0 Å². The number of carbonyl (C=O) groups excluding carboxylic acids is 1. The third kappa shape index (κ3) is 4.92. The smallest absolute Gasteiger partial charge is 0.282 e. The Balaban J connectivity index is 1.63. The molecule has 2 aromatic heterocycles. The normalized spacial score (nSPS) is 10.9. The lowest BCUT2D eigenvalue weighted by molar-refractivity contribution is -0.113. The van der Waals surface area contributed by atoms with Crippen LogP contribution in [0.4, 0.5) is 5.69 Å². The van der Waals surface area contributed by atoms with Crippen LogP contribution in [0.15, 0.2) is 70.9 Å². The monoisotopic (exact) mass is 451 g/mol. The van der Waals surface area contributed by atoms with E-state index in [0.717, 1.165) is 28.6 Å². The fourth-order valence-electron chi connectivity index (χ4n) is 3.03. The molecule has 0 saturated heterocycles. The largest absolute Gasteiger partial charge is 0.325 e. The van der Waals surface area contributed by atoms with E-state index in [1.54, 1.807) is 6.07 Å². The van der Waals surface area contributed by atoms with Crippen molar-refractivity contribution in [3.05, 3.63) is 87.4 Å². The van der Waals surface area contributed by atoms with E-state index in [0.29, 0.717) is 10.2 Å². The van der Waals surface area contributed by atoms with Crippen LogP contribution in [0.5, 0.6) is 0 Å². The van der Waals surface area contributed by atoms with Gasteiger partial charge in [-0.2, -0.15) is 0 Å². The summed E-state index contributed by atoms with van der Waals surface area (Å²) >= 11 is 7.45. The van der Waals surface area contributed by atoms with Crippen LogP contribution in [0.25, 0.3) is 11.2 Å². The number of aryl methyl sites for hydroxylation is 1. The van der Waals surface area contributed by atoms with Gasteiger partial charge in [-0.05, 0) is 36.2 Å². The Kier molecular flexibility index (Phi) is 6.29. The number of carbonyl (C=O) groups is 1. The SMILES string of the molecule is Cc1cccc(NC(=O)CSc2nc3nccnc3c(=O)n2Cc2ccccc2Cl)c1. The van der Waals surface area contributed by atoms with Gasteiger partial charge < -0.3 is 5.32 Å². The summed E-state index contributed by atoms with van der Waals surface area (Å²) in [5, 5.41) is 3.77. The van der Waals surface area contributed by atoms with E-state index in [1.807, 2.05) is 49.4 Å².